The van der Waals surface area contributed by atoms with E-state index < -0.39 is 22.5 Å². The topological polar surface area (TPSA) is 68.3 Å². The predicted molar refractivity (Wildman–Crippen MR) is 76.4 cm³/mol. The quantitative estimate of drug-likeness (QED) is 0.679. The lowest BCUT2D eigenvalue weighted by Gasteiger charge is -2.12. The minimum Gasteiger partial charge on any atom is -0.388 e. The van der Waals surface area contributed by atoms with Crippen LogP contribution in [0.5, 0.6) is 0 Å². The molecule has 1 N–H and O–H groups in total. The highest BCUT2D eigenvalue weighted by atomic mass is 19.1. The van der Waals surface area contributed by atoms with Gasteiger partial charge in [0.2, 0.25) is 5.82 Å². The van der Waals surface area contributed by atoms with Crippen LogP contribution in [0, 0.1) is 21.8 Å². The summed E-state index contributed by atoms with van der Waals surface area (Å²) in [4.78, 5) is 9.99. The van der Waals surface area contributed by atoms with E-state index in [1.165, 1.54) is 12.1 Å². The number of benzene rings is 1. The molecule has 1 heterocycles. The summed E-state index contributed by atoms with van der Waals surface area (Å²) in [6, 6.07) is 5.88. The maximum Gasteiger partial charge on any atom is 0.305 e. The molecule has 0 saturated heterocycles. The van der Waals surface area contributed by atoms with Crippen LogP contribution in [0.1, 0.15) is 31.1 Å². The fourth-order valence-corrected chi connectivity index (χ4v) is 2.14. The van der Waals surface area contributed by atoms with Crippen LogP contribution in [0.25, 0.3) is 0 Å². The van der Waals surface area contributed by atoms with Gasteiger partial charge >= 0.3 is 5.69 Å². The normalized spacial score (nSPS) is 12.6. The first-order chi connectivity index (χ1) is 9.90. The first-order valence-corrected chi connectivity index (χ1v) is 6.65. The number of rotatable bonds is 5. The molecule has 1 atom stereocenters. The van der Waals surface area contributed by atoms with Gasteiger partial charge in [-0.3, -0.25) is 10.1 Å². The Kier molecular flexibility index (Phi) is 4.37. The number of nitro groups is 1. The third-order valence-electron chi connectivity index (χ3n) is 3.35. The van der Waals surface area contributed by atoms with E-state index >= 15 is 0 Å². The summed E-state index contributed by atoms with van der Waals surface area (Å²) in [5.41, 5.74) is 0.461. The number of halogens is 1. The van der Waals surface area contributed by atoms with Gasteiger partial charge in [0.1, 0.15) is 0 Å². The smallest absolute Gasteiger partial charge is 0.305 e. The number of aromatic nitrogens is 1. The summed E-state index contributed by atoms with van der Waals surface area (Å²) in [7, 11) is 0. The largest absolute Gasteiger partial charge is 0.388 e. The van der Waals surface area contributed by atoms with Gasteiger partial charge < -0.3 is 9.67 Å². The van der Waals surface area contributed by atoms with Crippen LogP contribution in [-0.2, 0) is 6.54 Å². The van der Waals surface area contributed by atoms with E-state index in [9.17, 15) is 19.6 Å². The van der Waals surface area contributed by atoms with Crippen LogP contribution < -0.4 is 0 Å². The Morgan fingerprint density at radius 3 is 2.71 bits per heavy atom. The standard InChI is InChI=1S/C15H17FN2O3/c1-10(2)15(19)12-6-7-17(9-12)8-11-4-3-5-13(14(11)16)18(20)21/h3-7,9-10,15,19H,8H2,1-2H3. The van der Waals surface area contributed by atoms with Crippen molar-refractivity contribution in [2.45, 2.75) is 26.5 Å². The molecule has 0 bridgehead atoms. The molecule has 0 amide bonds. The highest BCUT2D eigenvalue weighted by Crippen LogP contribution is 2.24. The molecule has 21 heavy (non-hydrogen) atoms. The molecule has 0 fully saturated rings. The van der Waals surface area contributed by atoms with Gasteiger partial charge in [-0.25, -0.2) is 0 Å². The van der Waals surface area contributed by atoms with Crippen molar-refractivity contribution in [3.05, 3.63) is 63.7 Å². The number of hydrogen-bond acceptors (Lipinski definition) is 3. The monoisotopic (exact) mass is 292 g/mol. The zero-order chi connectivity index (χ0) is 15.6. The van der Waals surface area contributed by atoms with E-state index in [-0.39, 0.29) is 18.0 Å². The van der Waals surface area contributed by atoms with Crippen molar-refractivity contribution in [1.82, 2.24) is 4.57 Å². The molecule has 1 unspecified atom stereocenters. The first kappa shape index (κ1) is 15.2. The molecule has 0 spiro atoms. The lowest BCUT2D eigenvalue weighted by atomic mass is 10.0. The number of aliphatic hydroxyl groups excluding tert-OH is 1. The van der Waals surface area contributed by atoms with Crippen molar-refractivity contribution in [2.75, 3.05) is 0 Å². The molecule has 0 aliphatic heterocycles. The van der Waals surface area contributed by atoms with Crippen molar-refractivity contribution in [1.29, 1.82) is 0 Å². The highest BCUT2D eigenvalue weighted by Gasteiger charge is 2.18. The summed E-state index contributed by atoms with van der Waals surface area (Å²) in [5.74, 6) is -0.738. The van der Waals surface area contributed by atoms with E-state index in [0.717, 1.165) is 11.6 Å². The Balaban J connectivity index is 2.23. The average Bonchev–Trinajstić information content (AvgIpc) is 2.88. The molecule has 0 radical (unpaired) electrons. The Morgan fingerprint density at radius 1 is 1.38 bits per heavy atom. The van der Waals surface area contributed by atoms with Crippen molar-refractivity contribution in [3.8, 4) is 0 Å². The summed E-state index contributed by atoms with van der Waals surface area (Å²) in [6.07, 6.45) is 2.86. The molecule has 1 aromatic carbocycles. The van der Waals surface area contributed by atoms with Gasteiger partial charge in [0.15, 0.2) is 0 Å². The maximum absolute atomic E-state index is 14.0. The zero-order valence-electron chi connectivity index (χ0n) is 11.9. The Labute approximate surface area is 121 Å². The molecule has 0 aliphatic rings. The molecule has 2 aromatic rings. The molecule has 1 aromatic heterocycles. The average molecular weight is 292 g/mol. The minimum atomic E-state index is -0.817. The number of aliphatic hydroxyl groups is 1. The molecule has 6 heteroatoms. The summed E-state index contributed by atoms with van der Waals surface area (Å²) in [5, 5.41) is 20.7. The van der Waals surface area contributed by atoms with Gasteiger partial charge in [0.05, 0.1) is 17.6 Å². The van der Waals surface area contributed by atoms with E-state index in [4.69, 9.17) is 0 Å². The van der Waals surface area contributed by atoms with Crippen LogP contribution >= 0.6 is 0 Å². The van der Waals surface area contributed by atoms with E-state index in [1.54, 1.807) is 23.0 Å². The van der Waals surface area contributed by atoms with Gasteiger partial charge in [0.25, 0.3) is 0 Å². The molecular formula is C15H17FN2O3. The number of nitrogens with zero attached hydrogens (tertiary/aromatic N) is 2. The first-order valence-electron chi connectivity index (χ1n) is 6.65. The Morgan fingerprint density at radius 2 is 2.10 bits per heavy atom. The third kappa shape index (κ3) is 3.28. The molecule has 0 saturated carbocycles. The fourth-order valence-electron chi connectivity index (χ4n) is 2.14. The number of hydrogen-bond donors (Lipinski definition) is 1. The summed E-state index contributed by atoms with van der Waals surface area (Å²) >= 11 is 0. The molecule has 5 nitrogen and oxygen atoms in total. The van der Waals surface area contributed by atoms with Gasteiger partial charge in [0, 0.05) is 24.0 Å². The highest BCUT2D eigenvalue weighted by molar-refractivity contribution is 5.37. The van der Waals surface area contributed by atoms with Gasteiger partial charge in [-0.15, -0.1) is 0 Å². The zero-order valence-corrected chi connectivity index (χ0v) is 11.9. The van der Waals surface area contributed by atoms with Crippen molar-refractivity contribution >= 4 is 5.69 Å². The van der Waals surface area contributed by atoms with Gasteiger partial charge in [-0.1, -0.05) is 26.0 Å². The van der Waals surface area contributed by atoms with E-state index in [0.29, 0.717) is 0 Å². The maximum atomic E-state index is 14.0. The molecule has 2 rings (SSSR count). The van der Waals surface area contributed by atoms with E-state index in [1.807, 2.05) is 13.8 Å². The SMILES string of the molecule is CC(C)C(O)c1ccn(Cc2cccc([N+](=O)[O-])c2F)c1. The van der Waals surface area contributed by atoms with Crippen LogP contribution in [0.4, 0.5) is 10.1 Å². The second-order valence-corrected chi connectivity index (χ2v) is 5.31. The molecule has 112 valence electrons. The minimum absolute atomic E-state index is 0.0791. The lowest BCUT2D eigenvalue weighted by molar-refractivity contribution is -0.387. The molecule has 0 aliphatic carbocycles. The second kappa shape index (κ2) is 6.05. The summed E-state index contributed by atoms with van der Waals surface area (Å²) < 4.78 is 15.7. The van der Waals surface area contributed by atoms with Gasteiger partial charge in [-0.05, 0) is 17.5 Å². The molecular weight excluding hydrogens is 275 g/mol. The Hall–Kier alpha value is -2.21. The van der Waals surface area contributed by atoms with Crippen LogP contribution in [0.15, 0.2) is 36.7 Å². The van der Waals surface area contributed by atoms with Crippen molar-refractivity contribution < 1.29 is 14.4 Å². The van der Waals surface area contributed by atoms with Crippen LogP contribution in [0.3, 0.4) is 0 Å². The third-order valence-corrected chi connectivity index (χ3v) is 3.35. The van der Waals surface area contributed by atoms with Crippen molar-refractivity contribution in [2.24, 2.45) is 5.92 Å². The van der Waals surface area contributed by atoms with Crippen LogP contribution in [-0.4, -0.2) is 14.6 Å². The van der Waals surface area contributed by atoms with Crippen molar-refractivity contribution in [3.63, 3.8) is 0 Å². The Bertz CT molecular complexity index is 652. The second-order valence-electron chi connectivity index (χ2n) is 5.31. The van der Waals surface area contributed by atoms with E-state index in [2.05, 4.69) is 0 Å². The lowest BCUT2D eigenvalue weighted by Crippen LogP contribution is -2.05. The number of nitro benzene ring substituents is 1. The summed E-state index contributed by atoms with van der Waals surface area (Å²) in [6.45, 7) is 3.99. The van der Waals surface area contributed by atoms with Gasteiger partial charge in [-0.2, -0.15) is 4.39 Å². The fraction of sp³-hybridized carbons (Fsp3) is 0.333. The van der Waals surface area contributed by atoms with Crippen LogP contribution in [0.2, 0.25) is 0 Å². The predicted octanol–water partition coefficient (Wildman–Crippen LogP) is 3.27.